The van der Waals surface area contributed by atoms with Crippen LogP contribution in [0.15, 0.2) is 47.2 Å². The van der Waals surface area contributed by atoms with E-state index in [9.17, 15) is 4.79 Å². The molecule has 0 bridgehead atoms. The van der Waals surface area contributed by atoms with Gasteiger partial charge in [0.05, 0.1) is 6.54 Å². The Kier molecular flexibility index (Phi) is 4.80. The van der Waals surface area contributed by atoms with Crippen molar-refractivity contribution in [1.82, 2.24) is 4.57 Å². The quantitative estimate of drug-likeness (QED) is 0.755. The molecule has 2 rings (SSSR count). The van der Waals surface area contributed by atoms with E-state index in [4.69, 9.17) is 4.74 Å². The summed E-state index contributed by atoms with van der Waals surface area (Å²) >= 11 is 3.40. The highest BCUT2D eigenvalue weighted by Gasteiger charge is 2.04. The summed E-state index contributed by atoms with van der Waals surface area (Å²) in [5.74, 6) is 1.01. The molecule has 0 atom stereocenters. The Hall–Kier alpha value is -1.55. The van der Waals surface area contributed by atoms with Gasteiger partial charge in [-0.25, -0.2) is 0 Å². The molecule has 0 aliphatic carbocycles. The van der Waals surface area contributed by atoms with Crippen molar-refractivity contribution in [2.45, 2.75) is 19.9 Å². The van der Waals surface area contributed by atoms with Crippen LogP contribution >= 0.6 is 15.9 Å². The van der Waals surface area contributed by atoms with Crippen molar-refractivity contribution in [1.29, 1.82) is 0 Å². The van der Waals surface area contributed by atoms with E-state index in [0.717, 1.165) is 22.3 Å². The summed E-state index contributed by atoms with van der Waals surface area (Å²) in [7, 11) is 0. The zero-order valence-electron chi connectivity index (χ0n) is 10.8. The van der Waals surface area contributed by atoms with Gasteiger partial charge >= 0.3 is 0 Å². The van der Waals surface area contributed by atoms with Gasteiger partial charge < -0.3 is 9.30 Å². The predicted molar refractivity (Wildman–Crippen MR) is 78.7 cm³/mol. The minimum absolute atomic E-state index is 0.173. The van der Waals surface area contributed by atoms with Gasteiger partial charge in [-0.1, -0.05) is 28.9 Å². The maximum Gasteiger partial charge on any atom is 0.164 e. The third-order valence-corrected chi connectivity index (χ3v) is 3.30. The standard InChI is InChI=1S/C15H16BrNO2/c1-2-15(18)12-6-7-17(11-12)8-9-19-14-5-3-4-13(16)10-14/h3-7,10-11H,2,8-9H2,1H3. The third kappa shape index (κ3) is 3.96. The fraction of sp³-hybridized carbons (Fsp3) is 0.267. The van der Waals surface area contributed by atoms with Crippen LogP contribution in [-0.2, 0) is 6.54 Å². The normalized spacial score (nSPS) is 10.4. The average molecular weight is 322 g/mol. The topological polar surface area (TPSA) is 31.2 Å². The Morgan fingerprint density at radius 3 is 2.95 bits per heavy atom. The highest BCUT2D eigenvalue weighted by molar-refractivity contribution is 9.10. The van der Waals surface area contributed by atoms with Crippen molar-refractivity contribution < 1.29 is 9.53 Å². The molecular formula is C15H16BrNO2. The van der Waals surface area contributed by atoms with Gasteiger partial charge in [0.15, 0.2) is 5.78 Å². The minimum atomic E-state index is 0.173. The van der Waals surface area contributed by atoms with Crippen LogP contribution < -0.4 is 4.74 Å². The van der Waals surface area contributed by atoms with Crippen molar-refractivity contribution in [2.75, 3.05) is 6.61 Å². The number of carbonyl (C=O) groups excluding carboxylic acids is 1. The van der Waals surface area contributed by atoms with Gasteiger partial charge in [-0.2, -0.15) is 0 Å². The smallest absolute Gasteiger partial charge is 0.164 e. The van der Waals surface area contributed by atoms with Gasteiger partial charge in [-0.3, -0.25) is 4.79 Å². The van der Waals surface area contributed by atoms with Crippen LogP contribution in [0.25, 0.3) is 0 Å². The molecule has 3 nitrogen and oxygen atoms in total. The summed E-state index contributed by atoms with van der Waals surface area (Å²) in [5.41, 5.74) is 0.768. The molecule has 0 N–H and O–H groups in total. The molecule has 0 fully saturated rings. The lowest BCUT2D eigenvalue weighted by molar-refractivity contribution is 0.0988. The Balaban J connectivity index is 1.86. The number of ketones is 1. The number of Topliss-reactive ketones (excluding diaryl/α,β-unsaturated/α-hetero) is 1. The number of nitrogens with zero attached hydrogens (tertiary/aromatic N) is 1. The number of hydrogen-bond donors (Lipinski definition) is 0. The van der Waals surface area contributed by atoms with E-state index in [2.05, 4.69) is 15.9 Å². The van der Waals surface area contributed by atoms with Crippen LogP contribution in [0.1, 0.15) is 23.7 Å². The van der Waals surface area contributed by atoms with Crippen LogP contribution in [0, 0.1) is 0 Å². The predicted octanol–water partition coefficient (Wildman–Crippen LogP) is 3.92. The first-order chi connectivity index (χ1) is 9.19. The zero-order chi connectivity index (χ0) is 13.7. The van der Waals surface area contributed by atoms with E-state index in [-0.39, 0.29) is 5.78 Å². The van der Waals surface area contributed by atoms with E-state index in [0.29, 0.717) is 13.0 Å². The van der Waals surface area contributed by atoms with Crippen molar-refractivity contribution in [3.8, 4) is 5.75 Å². The molecule has 1 aromatic carbocycles. The molecule has 2 aromatic rings. The molecule has 0 aliphatic heterocycles. The van der Waals surface area contributed by atoms with Crippen molar-refractivity contribution in [3.63, 3.8) is 0 Å². The molecule has 0 saturated carbocycles. The number of halogens is 1. The van der Waals surface area contributed by atoms with Crippen molar-refractivity contribution >= 4 is 21.7 Å². The van der Waals surface area contributed by atoms with E-state index < -0.39 is 0 Å². The lowest BCUT2D eigenvalue weighted by Crippen LogP contribution is -2.06. The van der Waals surface area contributed by atoms with E-state index in [1.54, 1.807) is 0 Å². The molecule has 0 unspecified atom stereocenters. The molecule has 0 aliphatic rings. The van der Waals surface area contributed by atoms with Gasteiger partial charge in [0.2, 0.25) is 0 Å². The molecular weight excluding hydrogens is 306 g/mol. The number of rotatable bonds is 6. The van der Waals surface area contributed by atoms with Gasteiger partial charge in [0.1, 0.15) is 12.4 Å². The second-order valence-electron chi connectivity index (χ2n) is 4.22. The molecule has 1 aromatic heterocycles. The van der Waals surface area contributed by atoms with Crippen LogP contribution in [0.5, 0.6) is 5.75 Å². The Bertz CT molecular complexity index is 563. The maximum absolute atomic E-state index is 11.5. The molecule has 0 saturated heterocycles. The summed E-state index contributed by atoms with van der Waals surface area (Å²) in [6.07, 6.45) is 4.32. The van der Waals surface area contributed by atoms with Crippen LogP contribution in [0.4, 0.5) is 0 Å². The van der Waals surface area contributed by atoms with Gasteiger partial charge in [-0.15, -0.1) is 0 Å². The van der Waals surface area contributed by atoms with Crippen LogP contribution in [0.2, 0.25) is 0 Å². The second kappa shape index (κ2) is 6.57. The Labute approximate surface area is 121 Å². The Morgan fingerprint density at radius 2 is 2.21 bits per heavy atom. The minimum Gasteiger partial charge on any atom is -0.492 e. The first kappa shape index (κ1) is 13.9. The monoisotopic (exact) mass is 321 g/mol. The average Bonchev–Trinajstić information content (AvgIpc) is 2.87. The van der Waals surface area contributed by atoms with Gasteiger partial charge in [-0.05, 0) is 24.3 Å². The summed E-state index contributed by atoms with van der Waals surface area (Å²) in [4.78, 5) is 11.5. The SMILES string of the molecule is CCC(=O)c1ccn(CCOc2cccc(Br)c2)c1. The second-order valence-corrected chi connectivity index (χ2v) is 5.14. The number of carbonyl (C=O) groups is 1. The van der Waals surface area contributed by atoms with Crippen molar-refractivity contribution in [2.24, 2.45) is 0 Å². The highest BCUT2D eigenvalue weighted by atomic mass is 79.9. The number of benzene rings is 1. The summed E-state index contributed by atoms with van der Waals surface area (Å²) in [5, 5.41) is 0. The van der Waals surface area contributed by atoms with E-state index in [1.807, 2.05) is 54.2 Å². The first-order valence-electron chi connectivity index (χ1n) is 6.26. The largest absolute Gasteiger partial charge is 0.492 e. The number of ether oxygens (including phenoxy) is 1. The zero-order valence-corrected chi connectivity index (χ0v) is 12.4. The molecule has 0 spiro atoms. The lowest BCUT2D eigenvalue weighted by atomic mass is 10.2. The molecule has 0 amide bonds. The number of hydrogen-bond acceptors (Lipinski definition) is 2. The third-order valence-electron chi connectivity index (χ3n) is 2.81. The maximum atomic E-state index is 11.5. The van der Waals surface area contributed by atoms with Gasteiger partial charge in [0, 0.05) is 28.9 Å². The van der Waals surface area contributed by atoms with E-state index >= 15 is 0 Å². The fourth-order valence-corrected chi connectivity index (χ4v) is 2.15. The molecule has 19 heavy (non-hydrogen) atoms. The summed E-state index contributed by atoms with van der Waals surface area (Å²) in [6.45, 7) is 3.17. The summed E-state index contributed by atoms with van der Waals surface area (Å²) in [6, 6.07) is 9.60. The van der Waals surface area contributed by atoms with Crippen molar-refractivity contribution in [3.05, 3.63) is 52.8 Å². The molecule has 1 heterocycles. The molecule has 4 heteroatoms. The van der Waals surface area contributed by atoms with Crippen LogP contribution in [0.3, 0.4) is 0 Å². The van der Waals surface area contributed by atoms with Gasteiger partial charge in [0.25, 0.3) is 0 Å². The first-order valence-corrected chi connectivity index (χ1v) is 7.05. The Morgan fingerprint density at radius 1 is 1.37 bits per heavy atom. The molecule has 100 valence electrons. The van der Waals surface area contributed by atoms with E-state index in [1.165, 1.54) is 0 Å². The summed E-state index contributed by atoms with van der Waals surface area (Å²) < 4.78 is 8.63. The lowest BCUT2D eigenvalue weighted by Gasteiger charge is -2.07. The molecule has 0 radical (unpaired) electrons. The number of aromatic nitrogens is 1. The highest BCUT2D eigenvalue weighted by Crippen LogP contribution is 2.17. The van der Waals surface area contributed by atoms with Crippen LogP contribution in [-0.4, -0.2) is 17.0 Å². The fourth-order valence-electron chi connectivity index (χ4n) is 1.77.